The third kappa shape index (κ3) is 2.21. The minimum atomic E-state index is 0.0539. The molecular weight excluding hydrogens is 326 g/mol. The predicted octanol–water partition coefficient (Wildman–Crippen LogP) is 1.50. The van der Waals surface area contributed by atoms with Crippen LogP contribution in [0.5, 0.6) is 0 Å². The Labute approximate surface area is 153 Å². The molecule has 1 amide bonds. The maximum absolute atomic E-state index is 12.9. The number of nitrogens with one attached hydrogen (secondary N) is 1. The summed E-state index contributed by atoms with van der Waals surface area (Å²) >= 11 is 0. The fourth-order valence-electron chi connectivity index (χ4n) is 4.35. The van der Waals surface area contributed by atoms with Gasteiger partial charge >= 0.3 is 0 Å². The number of quaternary nitrogens is 1. The smallest absolute Gasteiger partial charge is 0.261 e. The molecule has 0 aliphatic carbocycles. The summed E-state index contributed by atoms with van der Waals surface area (Å²) in [4.78, 5) is 18.5. The number of morpholine rings is 1. The molecule has 1 unspecified atom stereocenters. The van der Waals surface area contributed by atoms with E-state index in [1.165, 1.54) is 16.0 Å². The van der Waals surface area contributed by atoms with Gasteiger partial charge in [-0.1, -0.05) is 36.4 Å². The van der Waals surface area contributed by atoms with Gasteiger partial charge in [0.1, 0.15) is 18.9 Å². The van der Waals surface area contributed by atoms with Gasteiger partial charge in [0.25, 0.3) is 5.91 Å². The zero-order chi connectivity index (χ0) is 17.7. The molecule has 132 valence electrons. The molecule has 3 aliphatic heterocycles. The highest BCUT2D eigenvalue weighted by Gasteiger charge is 2.43. The molecule has 1 atom stereocenters. The fraction of sp³-hybridized carbons (Fsp3) is 0.286. The van der Waals surface area contributed by atoms with Crippen LogP contribution in [-0.4, -0.2) is 44.2 Å². The van der Waals surface area contributed by atoms with Gasteiger partial charge in [-0.3, -0.25) is 14.6 Å². The van der Waals surface area contributed by atoms with Gasteiger partial charge in [0.15, 0.2) is 6.17 Å². The van der Waals surface area contributed by atoms with Crippen LogP contribution in [0.25, 0.3) is 6.08 Å². The number of benzene rings is 2. The molecule has 2 aromatic carbocycles. The molecule has 26 heavy (non-hydrogen) atoms. The molecule has 1 N–H and O–H groups in total. The van der Waals surface area contributed by atoms with Crippen LogP contribution in [0.15, 0.2) is 54.4 Å². The number of carbonyl (C=O) groups excluding carboxylic acids is 1. The Hall–Kier alpha value is -2.63. The average Bonchev–Trinajstić information content (AvgIpc) is 2.71. The number of amides is 1. The first-order valence-electron chi connectivity index (χ1n) is 9.15. The van der Waals surface area contributed by atoms with E-state index in [1.54, 1.807) is 4.90 Å². The Morgan fingerprint density at radius 3 is 2.62 bits per heavy atom. The molecule has 5 rings (SSSR count). The second-order valence-corrected chi connectivity index (χ2v) is 7.06. The normalized spacial score (nSPS) is 22.4. The first kappa shape index (κ1) is 15.6. The molecule has 0 bridgehead atoms. The standard InChI is InChI=1S/C21H21N3O2/c1-22-19-14-15-6-2-3-7-16(15)20(23-10-12-26-13-11-23)24(19)18-9-5-4-8-17(18)21(22)25/h2-9,14,20H,10-13H2,1H3/p+1. The molecule has 0 saturated carbocycles. The topological polar surface area (TPSA) is 37.2 Å². The van der Waals surface area contributed by atoms with Crippen LogP contribution in [0.1, 0.15) is 27.7 Å². The molecule has 2 aromatic rings. The molecule has 5 heteroatoms. The molecule has 0 aromatic heterocycles. The second-order valence-electron chi connectivity index (χ2n) is 7.06. The van der Waals surface area contributed by atoms with Gasteiger partial charge in [-0.05, 0) is 23.8 Å². The van der Waals surface area contributed by atoms with Crippen LogP contribution in [0.4, 0.5) is 5.69 Å². The quantitative estimate of drug-likeness (QED) is 0.849. The second kappa shape index (κ2) is 5.97. The molecule has 1 fully saturated rings. The van der Waals surface area contributed by atoms with Crippen molar-refractivity contribution in [2.45, 2.75) is 6.17 Å². The monoisotopic (exact) mass is 348 g/mol. The van der Waals surface area contributed by atoms with Crippen LogP contribution in [-0.2, 0) is 4.74 Å². The summed E-state index contributed by atoms with van der Waals surface area (Å²) < 4.78 is 5.60. The molecular formula is C21H22N3O2+. The summed E-state index contributed by atoms with van der Waals surface area (Å²) in [5.74, 6) is 1.01. The highest BCUT2D eigenvalue weighted by molar-refractivity contribution is 6.04. The van der Waals surface area contributed by atoms with E-state index >= 15 is 0 Å². The lowest BCUT2D eigenvalue weighted by molar-refractivity contribution is -0.938. The SMILES string of the molecule is CN1C(=O)c2ccccc2N2C1=Cc1ccccc1C2[NH+]1CCOCC1. The lowest BCUT2D eigenvalue weighted by Crippen LogP contribution is -3.16. The van der Waals surface area contributed by atoms with E-state index in [0.29, 0.717) is 0 Å². The molecule has 0 radical (unpaired) electrons. The Kier molecular flexibility index (Phi) is 3.58. The predicted molar refractivity (Wildman–Crippen MR) is 99.7 cm³/mol. The lowest BCUT2D eigenvalue weighted by atomic mass is 9.95. The van der Waals surface area contributed by atoms with Crippen molar-refractivity contribution in [2.75, 3.05) is 38.3 Å². The van der Waals surface area contributed by atoms with E-state index < -0.39 is 0 Å². The Morgan fingerprint density at radius 2 is 1.77 bits per heavy atom. The number of nitrogens with zero attached hydrogens (tertiary/aromatic N) is 2. The van der Waals surface area contributed by atoms with E-state index in [-0.39, 0.29) is 12.1 Å². The Bertz CT molecular complexity index is 902. The molecule has 3 aliphatic rings. The summed E-state index contributed by atoms with van der Waals surface area (Å²) in [6.45, 7) is 3.47. The maximum Gasteiger partial charge on any atom is 0.261 e. The minimum absolute atomic E-state index is 0.0539. The third-order valence-electron chi connectivity index (χ3n) is 5.64. The largest absolute Gasteiger partial charge is 0.370 e. The van der Waals surface area contributed by atoms with Crippen molar-refractivity contribution in [1.82, 2.24) is 4.90 Å². The summed E-state index contributed by atoms with van der Waals surface area (Å²) in [6.07, 6.45) is 2.28. The van der Waals surface area contributed by atoms with Gasteiger partial charge in [-0.25, -0.2) is 0 Å². The highest BCUT2D eigenvalue weighted by atomic mass is 16.5. The van der Waals surface area contributed by atoms with Crippen molar-refractivity contribution in [2.24, 2.45) is 0 Å². The summed E-state index contributed by atoms with van der Waals surface area (Å²) in [6, 6.07) is 16.5. The van der Waals surface area contributed by atoms with Crippen LogP contribution in [0.3, 0.4) is 0 Å². The highest BCUT2D eigenvalue weighted by Crippen LogP contribution is 2.41. The van der Waals surface area contributed by atoms with Crippen LogP contribution in [0.2, 0.25) is 0 Å². The number of hydrogen-bond acceptors (Lipinski definition) is 3. The number of ether oxygens (including phenoxy) is 1. The van der Waals surface area contributed by atoms with Crippen molar-refractivity contribution >= 4 is 17.7 Å². The minimum Gasteiger partial charge on any atom is -0.370 e. The van der Waals surface area contributed by atoms with E-state index in [1.807, 2.05) is 25.2 Å². The van der Waals surface area contributed by atoms with Crippen molar-refractivity contribution in [3.63, 3.8) is 0 Å². The van der Waals surface area contributed by atoms with Crippen molar-refractivity contribution < 1.29 is 14.4 Å². The van der Waals surface area contributed by atoms with E-state index in [9.17, 15) is 4.79 Å². The average molecular weight is 348 g/mol. The van der Waals surface area contributed by atoms with Gasteiger partial charge in [0.2, 0.25) is 0 Å². The van der Waals surface area contributed by atoms with E-state index in [4.69, 9.17) is 4.74 Å². The van der Waals surface area contributed by atoms with Gasteiger partial charge in [-0.15, -0.1) is 0 Å². The van der Waals surface area contributed by atoms with Crippen LogP contribution >= 0.6 is 0 Å². The number of hydrogen-bond donors (Lipinski definition) is 1. The van der Waals surface area contributed by atoms with E-state index in [2.05, 4.69) is 41.3 Å². The number of anilines is 1. The number of para-hydroxylation sites is 1. The van der Waals surface area contributed by atoms with Gasteiger partial charge in [0.05, 0.1) is 24.5 Å². The van der Waals surface area contributed by atoms with Crippen molar-refractivity contribution in [3.05, 3.63) is 71.0 Å². The first-order valence-corrected chi connectivity index (χ1v) is 9.15. The summed E-state index contributed by atoms with van der Waals surface area (Å²) in [7, 11) is 1.87. The lowest BCUT2D eigenvalue weighted by Gasteiger charge is -2.47. The van der Waals surface area contributed by atoms with E-state index in [0.717, 1.165) is 43.4 Å². The van der Waals surface area contributed by atoms with Gasteiger partial charge in [-0.2, -0.15) is 0 Å². The molecule has 3 heterocycles. The van der Waals surface area contributed by atoms with Gasteiger partial charge in [0, 0.05) is 12.6 Å². The third-order valence-corrected chi connectivity index (χ3v) is 5.64. The zero-order valence-corrected chi connectivity index (χ0v) is 14.8. The van der Waals surface area contributed by atoms with Crippen LogP contribution < -0.4 is 9.80 Å². The van der Waals surface area contributed by atoms with Crippen LogP contribution in [0, 0.1) is 0 Å². The Morgan fingerprint density at radius 1 is 1.04 bits per heavy atom. The number of fused-ring (bicyclic) bond motifs is 4. The number of rotatable bonds is 1. The first-order chi connectivity index (χ1) is 12.8. The fourth-order valence-corrected chi connectivity index (χ4v) is 4.35. The molecule has 1 saturated heterocycles. The Balaban J connectivity index is 1.74. The maximum atomic E-state index is 12.9. The van der Waals surface area contributed by atoms with Crippen molar-refractivity contribution in [1.29, 1.82) is 0 Å². The number of carbonyl (C=O) groups is 1. The van der Waals surface area contributed by atoms with Crippen molar-refractivity contribution in [3.8, 4) is 0 Å². The molecule has 5 nitrogen and oxygen atoms in total. The summed E-state index contributed by atoms with van der Waals surface area (Å²) in [5, 5.41) is 0. The zero-order valence-electron chi connectivity index (χ0n) is 14.8. The molecule has 0 spiro atoms. The van der Waals surface area contributed by atoms with Gasteiger partial charge < -0.3 is 9.64 Å². The summed E-state index contributed by atoms with van der Waals surface area (Å²) in [5.41, 5.74) is 4.28.